The first kappa shape index (κ1) is 7.83. The van der Waals surface area contributed by atoms with Crippen molar-refractivity contribution >= 4 is 21.6 Å². The number of rotatable bonds is 0. The van der Waals surface area contributed by atoms with Gasteiger partial charge < -0.3 is 11.1 Å². The maximum Gasteiger partial charge on any atom is 0.0391 e. The zero-order chi connectivity index (χ0) is 9.05. The summed E-state index contributed by atoms with van der Waals surface area (Å²) in [5.41, 5.74) is 8.87. The Morgan fingerprint density at radius 1 is 1.54 bits per heavy atom. The monoisotopic (exact) mass is 238 g/mol. The molecule has 0 saturated heterocycles. The van der Waals surface area contributed by atoms with Gasteiger partial charge in [-0.05, 0) is 24.1 Å². The van der Waals surface area contributed by atoms with Gasteiger partial charge in [0.25, 0.3) is 0 Å². The van der Waals surface area contributed by atoms with Gasteiger partial charge in [0.2, 0.25) is 0 Å². The van der Waals surface area contributed by atoms with Crippen LogP contribution in [0, 0.1) is 0 Å². The zero-order valence-corrected chi connectivity index (χ0v) is 8.76. The molecule has 2 unspecified atom stereocenters. The van der Waals surface area contributed by atoms with Gasteiger partial charge >= 0.3 is 0 Å². The van der Waals surface area contributed by atoms with Crippen molar-refractivity contribution in [3.63, 3.8) is 0 Å². The minimum atomic E-state index is 0.245. The predicted molar refractivity (Wildman–Crippen MR) is 56.9 cm³/mol. The smallest absolute Gasteiger partial charge is 0.0391 e. The fourth-order valence-corrected chi connectivity index (χ4v) is 3.10. The van der Waals surface area contributed by atoms with E-state index in [1.807, 2.05) is 0 Å². The summed E-state index contributed by atoms with van der Waals surface area (Å²) >= 11 is 3.59. The molecular weight excluding hydrogens is 228 g/mol. The van der Waals surface area contributed by atoms with Gasteiger partial charge in [-0.1, -0.05) is 22.0 Å². The van der Waals surface area contributed by atoms with Crippen LogP contribution in [0.25, 0.3) is 0 Å². The number of nitrogens with one attached hydrogen (secondary N) is 1. The summed E-state index contributed by atoms with van der Waals surface area (Å²) in [5.74, 6) is 0. The second-order valence-corrected chi connectivity index (χ2v) is 4.84. The Hall–Kier alpha value is -0.540. The highest BCUT2D eigenvalue weighted by Crippen LogP contribution is 2.55. The average Bonchev–Trinajstić information content (AvgIpc) is 2.58. The SMILES string of the molecule is NC1CC12CNc1cccc(Br)c12. The third-order valence-corrected chi connectivity index (χ3v) is 3.90. The quantitative estimate of drug-likeness (QED) is 0.725. The Bertz CT molecular complexity index is 377. The molecule has 1 heterocycles. The third-order valence-electron chi connectivity index (χ3n) is 3.24. The minimum absolute atomic E-state index is 0.245. The van der Waals surface area contributed by atoms with Crippen LogP contribution in [0.2, 0.25) is 0 Å². The van der Waals surface area contributed by atoms with E-state index in [2.05, 4.69) is 39.4 Å². The number of anilines is 1. The molecule has 1 saturated carbocycles. The van der Waals surface area contributed by atoms with Crippen molar-refractivity contribution in [1.29, 1.82) is 0 Å². The number of hydrogen-bond donors (Lipinski definition) is 2. The van der Waals surface area contributed by atoms with Crippen molar-refractivity contribution in [1.82, 2.24) is 0 Å². The Morgan fingerprint density at radius 2 is 2.31 bits per heavy atom. The molecule has 1 aromatic carbocycles. The number of fused-ring (bicyclic) bond motifs is 2. The fourth-order valence-electron chi connectivity index (χ4n) is 2.34. The summed E-state index contributed by atoms with van der Waals surface area (Å²) in [5, 5.41) is 3.41. The predicted octanol–water partition coefficient (Wildman–Crippen LogP) is 1.84. The summed E-state index contributed by atoms with van der Waals surface area (Å²) in [6.07, 6.45) is 1.12. The molecule has 0 radical (unpaired) electrons. The fraction of sp³-hybridized carbons (Fsp3) is 0.400. The number of halogens is 1. The first-order chi connectivity index (χ1) is 6.24. The molecule has 0 bridgehead atoms. The van der Waals surface area contributed by atoms with Crippen LogP contribution in [0.4, 0.5) is 5.69 Å². The summed E-state index contributed by atoms with van der Waals surface area (Å²) < 4.78 is 1.20. The first-order valence-electron chi connectivity index (χ1n) is 4.52. The Kier molecular flexibility index (Phi) is 1.37. The van der Waals surface area contributed by atoms with Gasteiger partial charge in [-0.25, -0.2) is 0 Å². The van der Waals surface area contributed by atoms with E-state index in [4.69, 9.17) is 5.73 Å². The molecule has 2 aliphatic rings. The second kappa shape index (κ2) is 2.28. The molecule has 3 heteroatoms. The minimum Gasteiger partial charge on any atom is -0.384 e. The number of benzene rings is 1. The number of hydrogen-bond acceptors (Lipinski definition) is 2. The van der Waals surface area contributed by atoms with Crippen molar-refractivity contribution < 1.29 is 0 Å². The van der Waals surface area contributed by atoms with Gasteiger partial charge in [0.1, 0.15) is 0 Å². The molecule has 68 valence electrons. The maximum atomic E-state index is 5.99. The molecule has 1 aliphatic heterocycles. The lowest BCUT2D eigenvalue weighted by atomic mass is 9.98. The third kappa shape index (κ3) is 0.864. The highest BCUT2D eigenvalue weighted by molar-refractivity contribution is 9.10. The van der Waals surface area contributed by atoms with E-state index in [0.29, 0.717) is 6.04 Å². The van der Waals surface area contributed by atoms with Crippen LogP contribution < -0.4 is 11.1 Å². The lowest BCUT2D eigenvalue weighted by Crippen LogP contribution is -2.20. The van der Waals surface area contributed by atoms with Crippen LogP contribution in [0.3, 0.4) is 0 Å². The molecule has 3 rings (SSSR count). The largest absolute Gasteiger partial charge is 0.384 e. The van der Waals surface area contributed by atoms with E-state index in [0.717, 1.165) is 13.0 Å². The first-order valence-corrected chi connectivity index (χ1v) is 5.32. The Morgan fingerprint density at radius 3 is 3.00 bits per heavy atom. The summed E-state index contributed by atoms with van der Waals surface area (Å²) in [4.78, 5) is 0. The van der Waals surface area contributed by atoms with Gasteiger partial charge in [-0.3, -0.25) is 0 Å². The summed E-state index contributed by atoms with van der Waals surface area (Å²) in [6, 6.07) is 6.63. The van der Waals surface area contributed by atoms with Crippen LogP contribution in [-0.4, -0.2) is 12.6 Å². The molecule has 3 N–H and O–H groups in total. The van der Waals surface area contributed by atoms with Gasteiger partial charge in [0.05, 0.1) is 0 Å². The Balaban J connectivity index is 2.21. The van der Waals surface area contributed by atoms with Gasteiger partial charge in [0, 0.05) is 28.2 Å². The van der Waals surface area contributed by atoms with E-state index in [9.17, 15) is 0 Å². The van der Waals surface area contributed by atoms with Crippen LogP contribution in [0.1, 0.15) is 12.0 Å². The molecule has 2 atom stereocenters. The molecule has 1 aromatic rings. The standard InChI is InChI=1S/C10H11BrN2/c11-6-2-1-3-7-9(6)10(5-13-7)4-8(10)12/h1-3,8,13H,4-5,12H2. The van der Waals surface area contributed by atoms with E-state index in [-0.39, 0.29) is 5.41 Å². The molecule has 2 nitrogen and oxygen atoms in total. The van der Waals surface area contributed by atoms with E-state index in [1.165, 1.54) is 15.7 Å². The van der Waals surface area contributed by atoms with Crippen LogP contribution in [-0.2, 0) is 5.41 Å². The molecule has 1 spiro atoms. The van der Waals surface area contributed by atoms with Crippen molar-refractivity contribution in [3.8, 4) is 0 Å². The lowest BCUT2D eigenvalue weighted by Gasteiger charge is -2.09. The van der Waals surface area contributed by atoms with Crippen LogP contribution >= 0.6 is 15.9 Å². The van der Waals surface area contributed by atoms with E-state index >= 15 is 0 Å². The van der Waals surface area contributed by atoms with Gasteiger partial charge in [-0.2, -0.15) is 0 Å². The molecule has 0 amide bonds. The highest BCUT2D eigenvalue weighted by Gasteiger charge is 2.57. The van der Waals surface area contributed by atoms with Crippen LogP contribution in [0.15, 0.2) is 22.7 Å². The number of nitrogens with two attached hydrogens (primary N) is 1. The van der Waals surface area contributed by atoms with Gasteiger partial charge in [-0.15, -0.1) is 0 Å². The molecular formula is C10H11BrN2. The Labute approximate surface area is 85.6 Å². The van der Waals surface area contributed by atoms with Crippen molar-refractivity contribution in [2.24, 2.45) is 5.73 Å². The van der Waals surface area contributed by atoms with Crippen molar-refractivity contribution in [3.05, 3.63) is 28.2 Å². The summed E-state index contributed by atoms with van der Waals surface area (Å²) in [7, 11) is 0. The topological polar surface area (TPSA) is 38.0 Å². The molecule has 1 aliphatic carbocycles. The second-order valence-electron chi connectivity index (χ2n) is 3.98. The average molecular weight is 239 g/mol. The van der Waals surface area contributed by atoms with Crippen LogP contribution in [0.5, 0.6) is 0 Å². The molecule has 13 heavy (non-hydrogen) atoms. The molecule has 0 aromatic heterocycles. The van der Waals surface area contributed by atoms with Gasteiger partial charge in [0.15, 0.2) is 0 Å². The zero-order valence-electron chi connectivity index (χ0n) is 7.18. The molecule has 1 fully saturated rings. The van der Waals surface area contributed by atoms with Crippen molar-refractivity contribution in [2.45, 2.75) is 17.9 Å². The maximum absolute atomic E-state index is 5.99. The van der Waals surface area contributed by atoms with E-state index < -0.39 is 0 Å². The van der Waals surface area contributed by atoms with Crippen molar-refractivity contribution in [2.75, 3.05) is 11.9 Å². The summed E-state index contributed by atoms with van der Waals surface area (Å²) in [6.45, 7) is 1.01. The van der Waals surface area contributed by atoms with E-state index in [1.54, 1.807) is 0 Å². The lowest BCUT2D eigenvalue weighted by molar-refractivity contribution is 0.730. The normalized spacial score (nSPS) is 34.5. The highest BCUT2D eigenvalue weighted by atomic mass is 79.9.